The second kappa shape index (κ2) is 6.96. The molecular weight excluding hydrogens is 511 g/mol. The number of rotatable bonds is 3. The fourth-order valence-corrected chi connectivity index (χ4v) is 5.47. The quantitative estimate of drug-likeness (QED) is 0.465. The molecular formula is C20H18BrIO4. The lowest BCUT2D eigenvalue weighted by atomic mass is 9.63. The lowest BCUT2D eigenvalue weighted by Gasteiger charge is -2.45. The number of aromatic hydroxyl groups is 1. The van der Waals surface area contributed by atoms with Crippen molar-refractivity contribution in [3.63, 3.8) is 0 Å². The van der Waals surface area contributed by atoms with Crippen LogP contribution < -0.4 is 4.74 Å². The van der Waals surface area contributed by atoms with Crippen molar-refractivity contribution in [2.24, 2.45) is 5.92 Å². The van der Waals surface area contributed by atoms with Crippen LogP contribution in [0.1, 0.15) is 24.8 Å². The van der Waals surface area contributed by atoms with Crippen molar-refractivity contribution in [1.82, 2.24) is 0 Å². The maximum Gasteiger partial charge on any atom is 0.174 e. The number of benzene rings is 1. The Morgan fingerprint density at radius 1 is 1.42 bits per heavy atom. The first-order valence-electron chi connectivity index (χ1n) is 8.10. The maximum atomic E-state index is 13.0. The summed E-state index contributed by atoms with van der Waals surface area (Å²) in [5.41, 5.74) is 2.14. The standard InChI is InChI=1S/C20H18BrIO4/c1-4-11-5-6-13-18(24)10(2)7-16(23)20(13,21)17(11)12-8-14(22)19(25)15(9-12)26-3/h4-5,7-9,13,17,25H,1,6H2,2-3H3. The van der Waals surface area contributed by atoms with Crippen LogP contribution in [-0.2, 0) is 9.59 Å². The van der Waals surface area contributed by atoms with Gasteiger partial charge in [0.2, 0.25) is 0 Å². The van der Waals surface area contributed by atoms with Gasteiger partial charge >= 0.3 is 0 Å². The molecule has 0 radical (unpaired) electrons. The Bertz CT molecular complexity index is 886. The van der Waals surface area contributed by atoms with Gasteiger partial charge in [0.05, 0.1) is 10.7 Å². The number of Topliss-reactive ketones (excluding diaryl/α,β-unsaturated/α-hetero) is 1. The molecule has 26 heavy (non-hydrogen) atoms. The number of ether oxygens (including phenoxy) is 1. The Kier molecular flexibility index (Phi) is 5.18. The maximum absolute atomic E-state index is 13.0. The smallest absolute Gasteiger partial charge is 0.174 e. The zero-order chi connectivity index (χ0) is 19.2. The van der Waals surface area contributed by atoms with Crippen LogP contribution in [0, 0.1) is 9.49 Å². The van der Waals surface area contributed by atoms with Gasteiger partial charge in [-0.1, -0.05) is 34.7 Å². The van der Waals surface area contributed by atoms with Gasteiger partial charge in [0.1, 0.15) is 4.32 Å². The SMILES string of the molecule is C=CC1=CCC2C(=O)C(C)=CC(=O)C2(Br)C1c1cc(I)c(O)c(OC)c1. The van der Waals surface area contributed by atoms with Crippen molar-refractivity contribution in [2.45, 2.75) is 23.6 Å². The van der Waals surface area contributed by atoms with E-state index in [9.17, 15) is 14.7 Å². The number of fused-ring (bicyclic) bond motifs is 1. The second-order valence-electron chi connectivity index (χ2n) is 6.51. The van der Waals surface area contributed by atoms with Gasteiger partial charge in [-0.3, -0.25) is 9.59 Å². The predicted molar refractivity (Wildman–Crippen MR) is 112 cm³/mol. The monoisotopic (exact) mass is 528 g/mol. The third-order valence-corrected chi connectivity index (χ3v) is 7.34. The van der Waals surface area contributed by atoms with Crippen LogP contribution in [0.5, 0.6) is 11.5 Å². The van der Waals surface area contributed by atoms with Crippen LogP contribution >= 0.6 is 38.5 Å². The van der Waals surface area contributed by atoms with Gasteiger partial charge in [-0.2, -0.15) is 0 Å². The summed E-state index contributed by atoms with van der Waals surface area (Å²) in [5.74, 6) is -0.660. The Balaban J connectivity index is 2.26. The average molecular weight is 529 g/mol. The molecule has 1 aromatic rings. The highest BCUT2D eigenvalue weighted by molar-refractivity contribution is 14.1. The van der Waals surface area contributed by atoms with Crippen molar-refractivity contribution in [1.29, 1.82) is 0 Å². The van der Waals surface area contributed by atoms with Crippen LogP contribution in [0.25, 0.3) is 0 Å². The van der Waals surface area contributed by atoms with Gasteiger partial charge < -0.3 is 9.84 Å². The summed E-state index contributed by atoms with van der Waals surface area (Å²) in [7, 11) is 1.48. The number of methoxy groups -OCH3 is 1. The summed E-state index contributed by atoms with van der Waals surface area (Å²) in [6, 6.07) is 3.53. The zero-order valence-electron chi connectivity index (χ0n) is 14.4. The van der Waals surface area contributed by atoms with Crippen molar-refractivity contribution >= 4 is 50.1 Å². The minimum Gasteiger partial charge on any atom is -0.504 e. The molecule has 0 spiro atoms. The van der Waals surface area contributed by atoms with E-state index in [4.69, 9.17) is 4.74 Å². The van der Waals surface area contributed by atoms with Crippen molar-refractivity contribution in [3.8, 4) is 11.5 Å². The second-order valence-corrected chi connectivity index (χ2v) is 8.98. The van der Waals surface area contributed by atoms with Gasteiger partial charge in [0, 0.05) is 11.8 Å². The highest BCUT2D eigenvalue weighted by atomic mass is 127. The van der Waals surface area contributed by atoms with E-state index >= 15 is 0 Å². The molecule has 0 bridgehead atoms. The summed E-state index contributed by atoms with van der Waals surface area (Å²) in [4.78, 5) is 25.8. The van der Waals surface area contributed by atoms with Crippen LogP contribution in [0.2, 0.25) is 0 Å². The fourth-order valence-electron chi connectivity index (χ4n) is 3.80. The third-order valence-electron chi connectivity index (χ3n) is 5.12. The van der Waals surface area contributed by atoms with Crippen LogP contribution in [0.15, 0.2) is 48.1 Å². The zero-order valence-corrected chi connectivity index (χ0v) is 18.1. The first-order valence-corrected chi connectivity index (χ1v) is 9.97. The number of phenolic OH excluding ortho intramolecular Hbond substituents is 1. The molecule has 0 heterocycles. The summed E-state index contributed by atoms with van der Waals surface area (Å²) < 4.78 is 4.82. The van der Waals surface area contributed by atoms with Gasteiger partial charge in [-0.05, 0) is 70.9 Å². The van der Waals surface area contributed by atoms with E-state index in [1.54, 1.807) is 19.1 Å². The molecule has 2 aliphatic carbocycles. The molecule has 0 amide bonds. The van der Waals surface area contributed by atoms with Gasteiger partial charge in [-0.15, -0.1) is 0 Å². The molecule has 2 aliphatic rings. The Labute approximate surface area is 174 Å². The number of carbonyl (C=O) groups is 2. The fraction of sp³-hybridized carbons (Fsp3) is 0.300. The van der Waals surface area contributed by atoms with Gasteiger partial charge in [0.25, 0.3) is 0 Å². The number of allylic oxidation sites excluding steroid dienone is 5. The summed E-state index contributed by atoms with van der Waals surface area (Å²) >= 11 is 5.70. The molecule has 0 saturated carbocycles. The topological polar surface area (TPSA) is 63.6 Å². The molecule has 3 unspecified atom stereocenters. The first kappa shape index (κ1) is 19.4. The molecule has 4 nitrogen and oxygen atoms in total. The molecule has 0 saturated heterocycles. The Morgan fingerprint density at radius 3 is 2.73 bits per heavy atom. The summed E-state index contributed by atoms with van der Waals surface area (Å²) in [6.07, 6.45) is 5.59. The van der Waals surface area contributed by atoms with Gasteiger partial charge in [-0.25, -0.2) is 0 Å². The molecule has 0 aliphatic heterocycles. The molecule has 1 N–H and O–H groups in total. The average Bonchev–Trinajstić information content (AvgIpc) is 2.61. The largest absolute Gasteiger partial charge is 0.504 e. The van der Waals surface area contributed by atoms with E-state index < -0.39 is 16.2 Å². The van der Waals surface area contributed by atoms with E-state index in [0.717, 1.165) is 11.1 Å². The van der Waals surface area contributed by atoms with Gasteiger partial charge in [0.15, 0.2) is 23.1 Å². The molecule has 3 rings (SSSR count). The van der Waals surface area contributed by atoms with Crippen molar-refractivity contribution in [3.05, 3.63) is 57.2 Å². The molecule has 6 heteroatoms. The van der Waals surface area contributed by atoms with E-state index in [1.165, 1.54) is 13.2 Å². The lowest BCUT2D eigenvalue weighted by Crippen LogP contribution is -2.52. The number of alkyl halides is 1. The predicted octanol–water partition coefficient (Wildman–Crippen LogP) is 4.45. The Morgan fingerprint density at radius 2 is 2.12 bits per heavy atom. The molecule has 0 aromatic heterocycles. The summed E-state index contributed by atoms with van der Waals surface area (Å²) in [6.45, 7) is 5.57. The minimum atomic E-state index is -1.08. The number of hydrogen-bond acceptors (Lipinski definition) is 4. The number of carbonyl (C=O) groups excluding carboxylic acids is 2. The molecule has 136 valence electrons. The van der Waals surface area contributed by atoms with E-state index in [2.05, 4.69) is 22.5 Å². The highest BCUT2D eigenvalue weighted by Crippen LogP contribution is 2.54. The Hall–Kier alpha value is -1.41. The molecule has 1 aromatic carbocycles. The van der Waals surface area contributed by atoms with Crippen LogP contribution in [-0.4, -0.2) is 28.1 Å². The van der Waals surface area contributed by atoms with Crippen LogP contribution in [0.4, 0.5) is 0 Å². The van der Waals surface area contributed by atoms with Crippen LogP contribution in [0.3, 0.4) is 0 Å². The minimum absolute atomic E-state index is 0.0220. The van der Waals surface area contributed by atoms with E-state index in [1.807, 2.05) is 34.7 Å². The van der Waals surface area contributed by atoms with E-state index in [-0.39, 0.29) is 17.3 Å². The molecule has 0 fully saturated rings. The number of hydrogen-bond donors (Lipinski definition) is 1. The molecule has 3 atom stereocenters. The highest BCUT2D eigenvalue weighted by Gasteiger charge is 2.56. The number of ketones is 2. The number of halogens is 2. The number of phenols is 1. The first-order chi connectivity index (χ1) is 12.2. The normalized spacial score (nSPS) is 28.2. The summed E-state index contributed by atoms with van der Waals surface area (Å²) in [5, 5.41) is 10.2. The third kappa shape index (κ3) is 2.78. The van der Waals surface area contributed by atoms with E-state index in [0.29, 0.717) is 21.3 Å². The van der Waals surface area contributed by atoms with Crippen molar-refractivity contribution in [2.75, 3.05) is 7.11 Å². The lowest BCUT2D eigenvalue weighted by molar-refractivity contribution is -0.128. The van der Waals surface area contributed by atoms with Crippen molar-refractivity contribution < 1.29 is 19.4 Å².